The molecular formula is C9H7F4NO2. The Balaban J connectivity index is 3.39. The van der Waals surface area contributed by atoms with Gasteiger partial charge in [0.15, 0.2) is 5.82 Å². The third-order valence-corrected chi connectivity index (χ3v) is 1.88. The van der Waals surface area contributed by atoms with Crippen LogP contribution >= 0.6 is 0 Å². The number of aliphatic carboxylic acids is 1. The SMILES string of the molecule is Nc1ccc(CC(=O)O)c(C(F)(F)F)c1F. The molecule has 88 valence electrons. The minimum Gasteiger partial charge on any atom is -0.481 e. The first kappa shape index (κ1) is 12.3. The second-order valence-electron chi connectivity index (χ2n) is 3.07. The quantitative estimate of drug-likeness (QED) is 0.611. The van der Waals surface area contributed by atoms with Crippen molar-refractivity contribution < 1.29 is 27.5 Å². The van der Waals surface area contributed by atoms with Crippen molar-refractivity contribution >= 4 is 11.7 Å². The van der Waals surface area contributed by atoms with Gasteiger partial charge in [0, 0.05) is 0 Å². The third kappa shape index (κ3) is 2.41. The zero-order valence-corrected chi connectivity index (χ0v) is 7.81. The second-order valence-corrected chi connectivity index (χ2v) is 3.07. The molecule has 0 radical (unpaired) electrons. The molecule has 3 N–H and O–H groups in total. The molecule has 0 fully saturated rings. The Morgan fingerprint density at radius 3 is 2.38 bits per heavy atom. The number of benzene rings is 1. The van der Waals surface area contributed by atoms with Crippen LogP contribution in [-0.4, -0.2) is 11.1 Å². The van der Waals surface area contributed by atoms with Gasteiger partial charge in [-0.1, -0.05) is 6.07 Å². The Kier molecular flexibility index (Phi) is 3.06. The van der Waals surface area contributed by atoms with E-state index < -0.39 is 41.2 Å². The molecule has 3 nitrogen and oxygen atoms in total. The van der Waals surface area contributed by atoms with E-state index in [4.69, 9.17) is 10.8 Å². The van der Waals surface area contributed by atoms with Crippen molar-refractivity contribution in [2.75, 3.05) is 5.73 Å². The van der Waals surface area contributed by atoms with Crippen molar-refractivity contribution in [2.45, 2.75) is 12.6 Å². The van der Waals surface area contributed by atoms with Gasteiger partial charge in [-0.3, -0.25) is 4.79 Å². The molecule has 0 saturated heterocycles. The van der Waals surface area contributed by atoms with Crippen LogP contribution in [0.5, 0.6) is 0 Å². The highest BCUT2D eigenvalue weighted by atomic mass is 19.4. The van der Waals surface area contributed by atoms with E-state index in [0.29, 0.717) is 0 Å². The number of alkyl halides is 3. The molecule has 0 aliphatic carbocycles. The predicted molar refractivity (Wildman–Crippen MR) is 47.2 cm³/mol. The van der Waals surface area contributed by atoms with E-state index >= 15 is 0 Å². The zero-order valence-electron chi connectivity index (χ0n) is 7.81. The van der Waals surface area contributed by atoms with Gasteiger partial charge in [-0.05, 0) is 11.6 Å². The summed E-state index contributed by atoms with van der Waals surface area (Å²) in [6.07, 6.45) is -5.88. The van der Waals surface area contributed by atoms with Crippen LogP contribution in [0.4, 0.5) is 23.2 Å². The fourth-order valence-corrected chi connectivity index (χ4v) is 1.25. The summed E-state index contributed by atoms with van der Waals surface area (Å²) in [6.45, 7) is 0. The first-order chi connectivity index (χ1) is 7.23. The topological polar surface area (TPSA) is 63.3 Å². The van der Waals surface area contributed by atoms with Gasteiger partial charge in [-0.25, -0.2) is 4.39 Å². The van der Waals surface area contributed by atoms with E-state index in [1.165, 1.54) is 0 Å². The van der Waals surface area contributed by atoms with Crippen LogP contribution < -0.4 is 5.73 Å². The highest BCUT2D eigenvalue weighted by molar-refractivity contribution is 5.71. The largest absolute Gasteiger partial charge is 0.481 e. The number of halogens is 4. The molecule has 0 aliphatic rings. The summed E-state index contributed by atoms with van der Waals surface area (Å²) >= 11 is 0. The predicted octanol–water partition coefficient (Wildman–Crippen LogP) is 2.05. The molecule has 0 heterocycles. The van der Waals surface area contributed by atoms with Crippen LogP contribution in [0, 0.1) is 5.82 Å². The van der Waals surface area contributed by atoms with E-state index in [9.17, 15) is 22.4 Å². The summed E-state index contributed by atoms with van der Waals surface area (Å²) < 4.78 is 50.5. The van der Waals surface area contributed by atoms with Crippen molar-refractivity contribution in [1.82, 2.24) is 0 Å². The fraction of sp³-hybridized carbons (Fsp3) is 0.222. The number of anilines is 1. The van der Waals surface area contributed by atoms with Crippen LogP contribution in [0.25, 0.3) is 0 Å². The van der Waals surface area contributed by atoms with Crippen molar-refractivity contribution in [1.29, 1.82) is 0 Å². The summed E-state index contributed by atoms with van der Waals surface area (Å²) in [6, 6.07) is 1.76. The number of nitrogens with two attached hydrogens (primary N) is 1. The summed E-state index contributed by atoms with van der Waals surface area (Å²) in [4.78, 5) is 10.3. The molecule has 0 aromatic heterocycles. The second kappa shape index (κ2) is 3.99. The molecule has 1 aromatic carbocycles. The molecule has 0 spiro atoms. The monoisotopic (exact) mass is 237 g/mol. The molecule has 0 aliphatic heterocycles. The molecule has 0 amide bonds. The van der Waals surface area contributed by atoms with Crippen molar-refractivity contribution in [3.05, 3.63) is 29.1 Å². The van der Waals surface area contributed by atoms with E-state index in [-0.39, 0.29) is 0 Å². The first-order valence-electron chi connectivity index (χ1n) is 4.09. The molecule has 0 atom stereocenters. The van der Waals surface area contributed by atoms with Crippen molar-refractivity contribution in [3.8, 4) is 0 Å². The number of hydrogen-bond donors (Lipinski definition) is 2. The Bertz CT molecular complexity index is 428. The molecule has 16 heavy (non-hydrogen) atoms. The van der Waals surface area contributed by atoms with E-state index in [1.54, 1.807) is 0 Å². The molecule has 7 heteroatoms. The lowest BCUT2D eigenvalue weighted by atomic mass is 10.0. The molecular weight excluding hydrogens is 230 g/mol. The smallest absolute Gasteiger partial charge is 0.419 e. The Morgan fingerprint density at radius 2 is 1.94 bits per heavy atom. The fourth-order valence-electron chi connectivity index (χ4n) is 1.25. The van der Waals surface area contributed by atoms with Gasteiger partial charge in [0.1, 0.15) is 0 Å². The molecule has 0 saturated carbocycles. The van der Waals surface area contributed by atoms with Crippen LogP contribution in [0.2, 0.25) is 0 Å². The molecule has 1 aromatic rings. The normalized spacial score (nSPS) is 11.5. The third-order valence-electron chi connectivity index (χ3n) is 1.88. The maximum absolute atomic E-state index is 13.2. The Labute approximate surface area is 87.5 Å². The van der Waals surface area contributed by atoms with E-state index in [0.717, 1.165) is 12.1 Å². The number of hydrogen-bond acceptors (Lipinski definition) is 2. The van der Waals surface area contributed by atoms with Gasteiger partial charge >= 0.3 is 12.1 Å². The van der Waals surface area contributed by atoms with Gasteiger partial charge in [0.2, 0.25) is 0 Å². The standard InChI is InChI=1S/C9H7F4NO2/c10-8-5(14)2-1-4(3-6(15)16)7(8)9(11,12)13/h1-2H,3,14H2,(H,15,16). The average Bonchev–Trinajstić information content (AvgIpc) is 2.08. The summed E-state index contributed by atoms with van der Waals surface area (Å²) in [5.41, 5.74) is 2.07. The average molecular weight is 237 g/mol. The van der Waals surface area contributed by atoms with E-state index in [2.05, 4.69) is 0 Å². The van der Waals surface area contributed by atoms with Gasteiger partial charge < -0.3 is 10.8 Å². The number of rotatable bonds is 2. The molecule has 1 rings (SSSR count). The highest BCUT2D eigenvalue weighted by Crippen LogP contribution is 2.36. The zero-order chi connectivity index (χ0) is 12.5. The van der Waals surface area contributed by atoms with Crippen molar-refractivity contribution in [3.63, 3.8) is 0 Å². The Hall–Kier alpha value is -1.79. The number of carboxylic acids is 1. The molecule has 0 bridgehead atoms. The minimum absolute atomic E-state index is 0.647. The Morgan fingerprint density at radius 1 is 1.38 bits per heavy atom. The van der Waals surface area contributed by atoms with Gasteiger partial charge in [0.05, 0.1) is 17.7 Å². The van der Waals surface area contributed by atoms with Gasteiger partial charge in [-0.2, -0.15) is 13.2 Å². The van der Waals surface area contributed by atoms with E-state index in [1.807, 2.05) is 0 Å². The summed E-state index contributed by atoms with van der Waals surface area (Å²) in [5.74, 6) is -3.11. The lowest BCUT2D eigenvalue weighted by molar-refractivity contribution is -0.141. The van der Waals surface area contributed by atoms with Crippen LogP contribution in [0.1, 0.15) is 11.1 Å². The minimum atomic E-state index is -4.97. The number of carboxylic acid groups (broad SMARTS) is 1. The summed E-state index contributed by atoms with van der Waals surface area (Å²) in [7, 11) is 0. The maximum atomic E-state index is 13.2. The van der Waals surface area contributed by atoms with Crippen molar-refractivity contribution in [2.24, 2.45) is 0 Å². The van der Waals surface area contributed by atoms with Crippen LogP contribution in [0.3, 0.4) is 0 Å². The first-order valence-corrected chi connectivity index (χ1v) is 4.09. The number of carbonyl (C=O) groups is 1. The van der Waals surface area contributed by atoms with Crippen LogP contribution in [0.15, 0.2) is 12.1 Å². The lowest BCUT2D eigenvalue weighted by Gasteiger charge is -2.13. The van der Waals surface area contributed by atoms with Gasteiger partial charge in [0.25, 0.3) is 0 Å². The number of nitrogen functional groups attached to an aromatic ring is 1. The maximum Gasteiger partial charge on any atom is 0.419 e. The van der Waals surface area contributed by atoms with Gasteiger partial charge in [-0.15, -0.1) is 0 Å². The van der Waals surface area contributed by atoms with Crippen LogP contribution in [-0.2, 0) is 17.4 Å². The lowest BCUT2D eigenvalue weighted by Crippen LogP contribution is -2.16. The highest BCUT2D eigenvalue weighted by Gasteiger charge is 2.38. The molecule has 0 unspecified atom stereocenters. The summed E-state index contributed by atoms with van der Waals surface area (Å²) in [5, 5.41) is 8.40.